The lowest BCUT2D eigenvalue weighted by molar-refractivity contribution is -0.137. The molecule has 0 N–H and O–H groups in total. The second-order valence-corrected chi connectivity index (χ2v) is 4.51. The summed E-state index contributed by atoms with van der Waals surface area (Å²) in [5.41, 5.74) is 0.0273. The molecule has 0 aliphatic heterocycles. The predicted molar refractivity (Wildman–Crippen MR) is 79.0 cm³/mol. The predicted octanol–water partition coefficient (Wildman–Crippen LogP) is 4.81. The summed E-state index contributed by atoms with van der Waals surface area (Å²) in [7, 11) is 1.57. The zero-order chi connectivity index (χ0) is 16.0. The Labute approximate surface area is 126 Å². The Morgan fingerprint density at radius 3 is 2.32 bits per heavy atom. The molecule has 0 unspecified atom stereocenters. The van der Waals surface area contributed by atoms with Gasteiger partial charge in [0.05, 0.1) is 12.7 Å². The van der Waals surface area contributed by atoms with Gasteiger partial charge in [-0.25, -0.2) is 0 Å². The molecule has 0 radical (unpaired) electrons. The van der Waals surface area contributed by atoms with Crippen molar-refractivity contribution < 1.29 is 22.6 Å². The van der Waals surface area contributed by atoms with E-state index in [1.807, 2.05) is 12.1 Å². The quantitative estimate of drug-likeness (QED) is 0.789. The summed E-state index contributed by atoms with van der Waals surface area (Å²) in [6.07, 6.45) is -0.861. The molecule has 0 aliphatic carbocycles. The third-order valence-corrected chi connectivity index (χ3v) is 2.94. The van der Waals surface area contributed by atoms with Gasteiger partial charge in [-0.05, 0) is 35.9 Å². The fourth-order valence-corrected chi connectivity index (χ4v) is 1.80. The number of alkyl halides is 3. The largest absolute Gasteiger partial charge is 0.497 e. The first kappa shape index (κ1) is 15.9. The van der Waals surface area contributed by atoms with Crippen molar-refractivity contribution in [2.45, 2.75) is 6.18 Å². The van der Waals surface area contributed by atoms with E-state index in [1.54, 1.807) is 31.4 Å². The zero-order valence-corrected chi connectivity index (χ0v) is 11.9. The Balaban J connectivity index is 1.89. The van der Waals surface area contributed by atoms with Crippen LogP contribution in [0.25, 0.3) is 6.08 Å². The number of benzene rings is 2. The minimum Gasteiger partial charge on any atom is -0.497 e. The summed E-state index contributed by atoms with van der Waals surface area (Å²) in [6.45, 7) is 0.314. The molecule has 0 amide bonds. The first-order valence-electron chi connectivity index (χ1n) is 6.60. The topological polar surface area (TPSA) is 18.5 Å². The van der Waals surface area contributed by atoms with E-state index in [-0.39, 0.29) is 0 Å². The number of ether oxygens (including phenoxy) is 2. The van der Waals surface area contributed by atoms with E-state index in [0.29, 0.717) is 23.7 Å². The molecular weight excluding hydrogens is 293 g/mol. The third-order valence-electron chi connectivity index (χ3n) is 2.94. The molecule has 0 fully saturated rings. The molecule has 2 aromatic carbocycles. The second-order valence-electron chi connectivity index (χ2n) is 4.51. The van der Waals surface area contributed by atoms with Gasteiger partial charge in [0.1, 0.15) is 18.1 Å². The average Bonchev–Trinajstić information content (AvgIpc) is 2.51. The monoisotopic (exact) mass is 308 g/mol. The molecule has 0 spiro atoms. The van der Waals surface area contributed by atoms with Gasteiger partial charge in [0.2, 0.25) is 0 Å². The number of methoxy groups -OCH3 is 1. The van der Waals surface area contributed by atoms with Crippen LogP contribution in [-0.2, 0) is 6.18 Å². The van der Waals surface area contributed by atoms with Crippen molar-refractivity contribution in [3.8, 4) is 11.5 Å². The Hall–Kier alpha value is -2.43. The minimum atomic E-state index is -4.31. The SMILES string of the molecule is COc1cccc(OC/C=C/c2ccc(C(F)(F)F)cc2)c1. The van der Waals surface area contributed by atoms with Crippen LogP contribution in [0, 0.1) is 0 Å². The highest BCUT2D eigenvalue weighted by Gasteiger charge is 2.29. The van der Waals surface area contributed by atoms with Crippen LogP contribution in [0.5, 0.6) is 11.5 Å². The molecule has 0 saturated heterocycles. The van der Waals surface area contributed by atoms with Crippen molar-refractivity contribution in [2.24, 2.45) is 0 Å². The number of rotatable bonds is 5. The van der Waals surface area contributed by atoms with Crippen molar-refractivity contribution in [3.05, 3.63) is 65.7 Å². The fraction of sp³-hybridized carbons (Fsp3) is 0.176. The van der Waals surface area contributed by atoms with Crippen molar-refractivity contribution >= 4 is 6.08 Å². The van der Waals surface area contributed by atoms with E-state index < -0.39 is 11.7 Å². The summed E-state index contributed by atoms with van der Waals surface area (Å²) >= 11 is 0. The number of hydrogen-bond donors (Lipinski definition) is 0. The zero-order valence-electron chi connectivity index (χ0n) is 11.9. The third kappa shape index (κ3) is 4.55. The fourth-order valence-electron chi connectivity index (χ4n) is 1.80. The van der Waals surface area contributed by atoms with Crippen LogP contribution in [0.3, 0.4) is 0 Å². The van der Waals surface area contributed by atoms with E-state index in [9.17, 15) is 13.2 Å². The lowest BCUT2D eigenvalue weighted by Gasteiger charge is -2.06. The van der Waals surface area contributed by atoms with Crippen LogP contribution in [0.2, 0.25) is 0 Å². The maximum absolute atomic E-state index is 12.4. The van der Waals surface area contributed by atoms with E-state index in [1.165, 1.54) is 12.1 Å². The van der Waals surface area contributed by atoms with E-state index >= 15 is 0 Å². The molecule has 0 saturated carbocycles. The smallest absolute Gasteiger partial charge is 0.416 e. The highest BCUT2D eigenvalue weighted by molar-refractivity contribution is 5.50. The molecule has 0 aromatic heterocycles. The van der Waals surface area contributed by atoms with Crippen molar-refractivity contribution in [1.29, 1.82) is 0 Å². The second kappa shape index (κ2) is 7.02. The molecule has 0 bridgehead atoms. The highest BCUT2D eigenvalue weighted by Crippen LogP contribution is 2.29. The average molecular weight is 308 g/mol. The maximum Gasteiger partial charge on any atom is 0.416 e. The van der Waals surface area contributed by atoms with Gasteiger partial charge in [0.15, 0.2) is 0 Å². The summed E-state index contributed by atoms with van der Waals surface area (Å²) in [4.78, 5) is 0. The molecule has 0 atom stereocenters. The lowest BCUT2D eigenvalue weighted by Crippen LogP contribution is -2.03. The number of halogens is 3. The first-order valence-corrected chi connectivity index (χ1v) is 6.60. The molecule has 2 nitrogen and oxygen atoms in total. The Kier molecular flexibility index (Phi) is 5.09. The van der Waals surface area contributed by atoms with Crippen LogP contribution >= 0.6 is 0 Å². The van der Waals surface area contributed by atoms with Gasteiger partial charge in [-0.1, -0.05) is 24.3 Å². The maximum atomic E-state index is 12.4. The molecule has 2 aromatic rings. The minimum absolute atomic E-state index is 0.314. The highest BCUT2D eigenvalue weighted by atomic mass is 19.4. The molecule has 0 heterocycles. The molecule has 116 valence electrons. The summed E-state index contributed by atoms with van der Waals surface area (Å²) in [5.74, 6) is 1.36. The van der Waals surface area contributed by atoms with Gasteiger partial charge in [0, 0.05) is 6.07 Å². The van der Waals surface area contributed by atoms with Crippen molar-refractivity contribution in [3.63, 3.8) is 0 Å². The van der Waals surface area contributed by atoms with Crippen LogP contribution < -0.4 is 9.47 Å². The van der Waals surface area contributed by atoms with Crippen LogP contribution in [-0.4, -0.2) is 13.7 Å². The molecular formula is C17H15F3O2. The van der Waals surface area contributed by atoms with E-state index in [2.05, 4.69) is 0 Å². The molecule has 0 aliphatic rings. The van der Waals surface area contributed by atoms with Crippen molar-refractivity contribution in [2.75, 3.05) is 13.7 Å². The van der Waals surface area contributed by atoms with E-state index in [4.69, 9.17) is 9.47 Å². The Bertz CT molecular complexity index is 631. The van der Waals surface area contributed by atoms with Gasteiger partial charge in [0.25, 0.3) is 0 Å². The molecule has 2 rings (SSSR count). The Morgan fingerprint density at radius 1 is 1.00 bits per heavy atom. The standard InChI is InChI=1S/C17H15F3O2/c1-21-15-5-2-6-16(12-15)22-11-3-4-13-7-9-14(10-8-13)17(18,19)20/h2-10,12H,11H2,1H3/b4-3+. The van der Waals surface area contributed by atoms with Crippen LogP contribution in [0.15, 0.2) is 54.6 Å². The van der Waals surface area contributed by atoms with Crippen molar-refractivity contribution in [1.82, 2.24) is 0 Å². The molecule has 5 heteroatoms. The van der Waals surface area contributed by atoms with E-state index in [0.717, 1.165) is 12.1 Å². The first-order chi connectivity index (χ1) is 10.5. The van der Waals surface area contributed by atoms with Crippen LogP contribution in [0.1, 0.15) is 11.1 Å². The van der Waals surface area contributed by atoms with Gasteiger partial charge in [-0.2, -0.15) is 13.2 Å². The van der Waals surface area contributed by atoms with Gasteiger partial charge in [-0.15, -0.1) is 0 Å². The van der Waals surface area contributed by atoms with Gasteiger partial charge < -0.3 is 9.47 Å². The molecule has 22 heavy (non-hydrogen) atoms. The normalized spacial score (nSPS) is 11.6. The van der Waals surface area contributed by atoms with Gasteiger partial charge in [-0.3, -0.25) is 0 Å². The van der Waals surface area contributed by atoms with Gasteiger partial charge >= 0.3 is 6.18 Å². The lowest BCUT2D eigenvalue weighted by atomic mass is 10.1. The summed E-state index contributed by atoms with van der Waals surface area (Å²) < 4.78 is 47.9. The summed E-state index contributed by atoms with van der Waals surface area (Å²) in [6, 6.07) is 12.1. The summed E-state index contributed by atoms with van der Waals surface area (Å²) in [5, 5.41) is 0. The van der Waals surface area contributed by atoms with Crippen LogP contribution in [0.4, 0.5) is 13.2 Å². The number of hydrogen-bond acceptors (Lipinski definition) is 2. The Morgan fingerprint density at radius 2 is 1.68 bits per heavy atom.